The van der Waals surface area contributed by atoms with E-state index in [-0.39, 0.29) is 11.9 Å². The van der Waals surface area contributed by atoms with Gasteiger partial charge in [0.15, 0.2) is 0 Å². The van der Waals surface area contributed by atoms with Crippen LogP contribution in [-0.4, -0.2) is 41.6 Å². The second kappa shape index (κ2) is 6.26. The summed E-state index contributed by atoms with van der Waals surface area (Å²) in [6.07, 6.45) is 6.28. The third kappa shape index (κ3) is 3.61. The molecule has 2 aliphatic rings. The summed E-state index contributed by atoms with van der Waals surface area (Å²) in [6, 6.07) is -0.103. The van der Waals surface area contributed by atoms with E-state index < -0.39 is 11.9 Å². The summed E-state index contributed by atoms with van der Waals surface area (Å²) in [5, 5.41) is 12.0. The topological polar surface area (TPSA) is 69.6 Å². The van der Waals surface area contributed by atoms with Crippen LogP contribution in [0.1, 0.15) is 39.0 Å². The van der Waals surface area contributed by atoms with Crippen LogP contribution in [-0.2, 0) is 4.79 Å². The highest BCUT2D eigenvalue weighted by atomic mass is 16.4. The van der Waals surface area contributed by atoms with E-state index in [4.69, 9.17) is 5.11 Å². The van der Waals surface area contributed by atoms with E-state index in [1.807, 2.05) is 6.92 Å². The maximum atomic E-state index is 12.0. The molecule has 5 heteroatoms. The molecule has 19 heavy (non-hydrogen) atoms. The number of likely N-dealkylation sites (tertiary alicyclic amines) is 1. The van der Waals surface area contributed by atoms with Crippen molar-refractivity contribution in [3.63, 3.8) is 0 Å². The molecule has 2 unspecified atom stereocenters. The van der Waals surface area contributed by atoms with Gasteiger partial charge in [-0.2, -0.15) is 0 Å². The summed E-state index contributed by atoms with van der Waals surface area (Å²) in [7, 11) is 0. The van der Waals surface area contributed by atoms with Gasteiger partial charge in [0.2, 0.25) is 0 Å². The normalized spacial score (nSPS) is 27.7. The molecule has 0 aromatic heterocycles. The first-order chi connectivity index (χ1) is 9.08. The van der Waals surface area contributed by atoms with Gasteiger partial charge < -0.3 is 15.3 Å². The van der Waals surface area contributed by atoms with E-state index >= 15 is 0 Å². The van der Waals surface area contributed by atoms with Gasteiger partial charge in [0.25, 0.3) is 0 Å². The molecule has 0 spiro atoms. The van der Waals surface area contributed by atoms with Crippen LogP contribution < -0.4 is 5.32 Å². The lowest BCUT2D eigenvalue weighted by Crippen LogP contribution is -2.39. The van der Waals surface area contributed by atoms with Crippen LogP contribution in [0.5, 0.6) is 0 Å². The van der Waals surface area contributed by atoms with Crippen molar-refractivity contribution in [2.75, 3.05) is 19.6 Å². The van der Waals surface area contributed by atoms with Crippen molar-refractivity contribution in [2.24, 2.45) is 17.8 Å². The van der Waals surface area contributed by atoms with Gasteiger partial charge >= 0.3 is 12.0 Å². The van der Waals surface area contributed by atoms with Crippen LogP contribution >= 0.6 is 0 Å². The molecule has 0 aromatic rings. The Morgan fingerprint density at radius 1 is 1.26 bits per heavy atom. The zero-order chi connectivity index (χ0) is 13.8. The number of nitrogens with one attached hydrogen (secondary N) is 1. The van der Waals surface area contributed by atoms with Crippen LogP contribution in [0, 0.1) is 17.8 Å². The van der Waals surface area contributed by atoms with Crippen molar-refractivity contribution < 1.29 is 14.7 Å². The molecule has 2 fully saturated rings. The Bertz CT molecular complexity index is 340. The second-order valence-electron chi connectivity index (χ2n) is 6.00. The molecule has 1 heterocycles. The van der Waals surface area contributed by atoms with E-state index in [0.717, 1.165) is 12.3 Å². The summed E-state index contributed by atoms with van der Waals surface area (Å²) in [6.45, 7) is 3.49. The van der Waals surface area contributed by atoms with E-state index in [9.17, 15) is 9.59 Å². The van der Waals surface area contributed by atoms with E-state index in [0.29, 0.717) is 19.6 Å². The van der Waals surface area contributed by atoms with Crippen LogP contribution in [0.3, 0.4) is 0 Å². The largest absolute Gasteiger partial charge is 0.481 e. The first kappa shape index (κ1) is 14.2. The minimum absolute atomic E-state index is 0.0399. The van der Waals surface area contributed by atoms with Gasteiger partial charge in [-0.3, -0.25) is 4.79 Å². The Balaban J connectivity index is 1.70. The predicted octanol–water partition coefficient (Wildman–Crippen LogP) is 1.93. The van der Waals surface area contributed by atoms with Gasteiger partial charge in [-0.1, -0.05) is 32.6 Å². The third-order valence-corrected chi connectivity index (χ3v) is 4.52. The summed E-state index contributed by atoms with van der Waals surface area (Å²) >= 11 is 0. The van der Waals surface area contributed by atoms with Crippen molar-refractivity contribution in [2.45, 2.75) is 39.0 Å². The number of hydrogen-bond donors (Lipinski definition) is 2. The molecule has 2 N–H and O–H groups in total. The fraction of sp³-hybridized carbons (Fsp3) is 0.857. The fourth-order valence-corrected chi connectivity index (χ4v) is 3.25. The number of carbonyl (C=O) groups is 2. The molecular weight excluding hydrogens is 244 g/mol. The molecule has 5 nitrogen and oxygen atoms in total. The molecule has 1 saturated heterocycles. The average Bonchev–Trinajstić information content (AvgIpc) is 2.98. The second-order valence-corrected chi connectivity index (χ2v) is 6.00. The maximum Gasteiger partial charge on any atom is 0.317 e. The number of aliphatic carboxylic acids is 1. The Morgan fingerprint density at radius 2 is 1.95 bits per heavy atom. The first-order valence-corrected chi connectivity index (χ1v) is 7.33. The Kier molecular flexibility index (Phi) is 4.66. The number of carboxylic acid groups (broad SMARTS) is 1. The van der Waals surface area contributed by atoms with Crippen LogP contribution in [0.25, 0.3) is 0 Å². The standard InChI is InChI=1S/C14H24N2O3/c1-10-8-16(9-12(10)13(17)18)14(19)15-7-6-11-4-2-3-5-11/h10-12H,2-9H2,1H3,(H,15,19)(H,17,18). The minimum atomic E-state index is -0.797. The number of amides is 2. The smallest absolute Gasteiger partial charge is 0.317 e. The highest BCUT2D eigenvalue weighted by molar-refractivity contribution is 5.77. The van der Waals surface area contributed by atoms with Gasteiger partial charge in [0.05, 0.1) is 5.92 Å². The van der Waals surface area contributed by atoms with Crippen LogP contribution in [0.2, 0.25) is 0 Å². The molecule has 108 valence electrons. The molecule has 1 aliphatic heterocycles. The maximum absolute atomic E-state index is 12.0. The van der Waals surface area contributed by atoms with Gasteiger partial charge in [0, 0.05) is 19.6 Å². The number of urea groups is 1. The monoisotopic (exact) mass is 268 g/mol. The third-order valence-electron chi connectivity index (χ3n) is 4.52. The van der Waals surface area contributed by atoms with Crippen molar-refractivity contribution in [1.82, 2.24) is 10.2 Å². The van der Waals surface area contributed by atoms with Gasteiger partial charge in [-0.15, -0.1) is 0 Å². The van der Waals surface area contributed by atoms with E-state index in [1.165, 1.54) is 25.7 Å². The van der Waals surface area contributed by atoms with Crippen molar-refractivity contribution in [3.05, 3.63) is 0 Å². The summed E-state index contributed by atoms with van der Waals surface area (Å²) in [4.78, 5) is 24.6. The number of carboxylic acids is 1. The first-order valence-electron chi connectivity index (χ1n) is 7.33. The number of nitrogens with zero attached hydrogens (tertiary/aromatic N) is 1. The van der Waals surface area contributed by atoms with Crippen molar-refractivity contribution in [1.29, 1.82) is 0 Å². The summed E-state index contributed by atoms with van der Waals surface area (Å²) in [5.41, 5.74) is 0. The summed E-state index contributed by atoms with van der Waals surface area (Å²) in [5.74, 6) is -0.406. The lowest BCUT2D eigenvalue weighted by Gasteiger charge is -2.17. The number of carbonyl (C=O) groups excluding carboxylic acids is 1. The number of hydrogen-bond acceptors (Lipinski definition) is 2. The quantitative estimate of drug-likeness (QED) is 0.818. The molecule has 2 amide bonds. The van der Waals surface area contributed by atoms with E-state index in [2.05, 4.69) is 5.32 Å². The Morgan fingerprint density at radius 3 is 2.53 bits per heavy atom. The summed E-state index contributed by atoms with van der Waals surface area (Å²) < 4.78 is 0. The Hall–Kier alpha value is -1.26. The molecule has 1 saturated carbocycles. The predicted molar refractivity (Wildman–Crippen MR) is 71.8 cm³/mol. The lowest BCUT2D eigenvalue weighted by molar-refractivity contribution is -0.142. The highest BCUT2D eigenvalue weighted by Gasteiger charge is 2.36. The molecule has 0 aromatic carbocycles. The number of rotatable bonds is 4. The van der Waals surface area contributed by atoms with Crippen LogP contribution in [0.4, 0.5) is 4.79 Å². The van der Waals surface area contributed by atoms with Gasteiger partial charge in [-0.25, -0.2) is 4.79 Å². The van der Waals surface area contributed by atoms with Crippen molar-refractivity contribution in [3.8, 4) is 0 Å². The Labute approximate surface area is 114 Å². The molecule has 2 rings (SSSR count). The van der Waals surface area contributed by atoms with Crippen molar-refractivity contribution >= 4 is 12.0 Å². The van der Waals surface area contributed by atoms with Crippen LogP contribution in [0.15, 0.2) is 0 Å². The van der Waals surface area contributed by atoms with Gasteiger partial charge in [-0.05, 0) is 18.3 Å². The molecule has 2 atom stereocenters. The zero-order valence-corrected chi connectivity index (χ0v) is 11.6. The average molecular weight is 268 g/mol. The van der Waals surface area contributed by atoms with Gasteiger partial charge in [0.1, 0.15) is 0 Å². The highest BCUT2D eigenvalue weighted by Crippen LogP contribution is 2.27. The molecule has 0 bridgehead atoms. The molecule has 1 aliphatic carbocycles. The zero-order valence-electron chi connectivity index (χ0n) is 11.6. The molecule has 0 radical (unpaired) electrons. The van der Waals surface area contributed by atoms with E-state index in [1.54, 1.807) is 4.90 Å². The minimum Gasteiger partial charge on any atom is -0.481 e. The molecular formula is C14H24N2O3. The lowest BCUT2D eigenvalue weighted by atomic mass is 9.99. The SMILES string of the molecule is CC1CN(C(=O)NCCC2CCCC2)CC1C(=O)O. The fourth-order valence-electron chi connectivity index (χ4n) is 3.25.